The van der Waals surface area contributed by atoms with Gasteiger partial charge in [-0.3, -0.25) is 9.10 Å². The number of benzene rings is 2. The lowest BCUT2D eigenvalue weighted by Crippen LogP contribution is -2.32. The van der Waals surface area contributed by atoms with Crippen LogP contribution in [0.25, 0.3) is 22.3 Å². The minimum atomic E-state index is -3.75. The van der Waals surface area contributed by atoms with Crippen molar-refractivity contribution in [2.75, 3.05) is 16.6 Å². The van der Waals surface area contributed by atoms with Gasteiger partial charge in [-0.1, -0.05) is 36.9 Å². The molecule has 4 N–H and O–H groups in total. The number of carbonyl (C=O) groups is 1. The van der Waals surface area contributed by atoms with Gasteiger partial charge in [0.2, 0.25) is 5.91 Å². The Labute approximate surface area is 190 Å². The van der Waals surface area contributed by atoms with Crippen LogP contribution in [0.15, 0.2) is 72.9 Å². The minimum Gasteiger partial charge on any atom is -0.383 e. The van der Waals surface area contributed by atoms with Gasteiger partial charge in [-0.05, 0) is 24.3 Å². The van der Waals surface area contributed by atoms with Gasteiger partial charge in [0.05, 0.1) is 24.2 Å². The molecule has 0 bridgehead atoms. The molecule has 0 aliphatic heterocycles. The molecular formula is C22H21N7O3S. The molecule has 4 rings (SSSR count). The van der Waals surface area contributed by atoms with Crippen molar-refractivity contribution in [3.8, 4) is 11.3 Å². The molecule has 0 spiro atoms. The maximum Gasteiger partial charge on any atom is 0.256 e. The first-order valence-electron chi connectivity index (χ1n) is 9.89. The van der Waals surface area contributed by atoms with Crippen LogP contribution >= 0.6 is 0 Å². The van der Waals surface area contributed by atoms with Gasteiger partial charge in [-0.2, -0.15) is 5.10 Å². The van der Waals surface area contributed by atoms with E-state index in [4.69, 9.17) is 11.5 Å². The number of nitrogens with zero attached hydrogens (tertiary/aromatic N) is 5. The Morgan fingerprint density at radius 3 is 2.42 bits per heavy atom. The van der Waals surface area contributed by atoms with Crippen LogP contribution in [-0.4, -0.2) is 40.6 Å². The predicted molar refractivity (Wildman–Crippen MR) is 127 cm³/mol. The Morgan fingerprint density at radius 1 is 1.09 bits per heavy atom. The van der Waals surface area contributed by atoms with E-state index in [0.717, 1.165) is 5.41 Å². The average molecular weight is 464 g/mol. The van der Waals surface area contributed by atoms with E-state index in [1.807, 2.05) is 0 Å². The van der Waals surface area contributed by atoms with Crippen LogP contribution in [0.1, 0.15) is 10.4 Å². The maximum atomic E-state index is 12.6. The zero-order chi connectivity index (χ0) is 23.6. The SMILES string of the molecule is C=CS(=O)(=O)N(CCn1nc(-c2ccc(C(N)=O)cc2)c2c(N)ncnc21)c1ccccc1. The summed E-state index contributed by atoms with van der Waals surface area (Å²) in [6.45, 7) is 3.71. The van der Waals surface area contributed by atoms with Gasteiger partial charge in [-0.15, -0.1) is 0 Å². The summed E-state index contributed by atoms with van der Waals surface area (Å²) in [4.78, 5) is 19.8. The Balaban J connectivity index is 1.75. The molecule has 0 aliphatic carbocycles. The zero-order valence-electron chi connectivity index (χ0n) is 17.5. The normalized spacial score (nSPS) is 11.4. The summed E-state index contributed by atoms with van der Waals surface area (Å²) in [5.74, 6) is -0.303. The van der Waals surface area contributed by atoms with Gasteiger partial charge < -0.3 is 11.5 Å². The van der Waals surface area contributed by atoms with E-state index >= 15 is 0 Å². The summed E-state index contributed by atoms with van der Waals surface area (Å²) in [5, 5.41) is 6.08. The maximum absolute atomic E-state index is 12.6. The van der Waals surface area contributed by atoms with Crippen molar-refractivity contribution in [2.45, 2.75) is 6.54 Å². The van der Waals surface area contributed by atoms with Crippen molar-refractivity contribution >= 4 is 38.5 Å². The molecule has 0 fully saturated rings. The van der Waals surface area contributed by atoms with E-state index in [9.17, 15) is 13.2 Å². The molecule has 33 heavy (non-hydrogen) atoms. The largest absolute Gasteiger partial charge is 0.383 e. The van der Waals surface area contributed by atoms with Crippen molar-refractivity contribution in [1.82, 2.24) is 19.7 Å². The van der Waals surface area contributed by atoms with Gasteiger partial charge >= 0.3 is 0 Å². The van der Waals surface area contributed by atoms with E-state index < -0.39 is 15.9 Å². The van der Waals surface area contributed by atoms with Crippen LogP contribution in [0.3, 0.4) is 0 Å². The number of fused-ring (bicyclic) bond motifs is 1. The molecule has 11 heteroatoms. The van der Waals surface area contributed by atoms with Crippen molar-refractivity contribution < 1.29 is 13.2 Å². The van der Waals surface area contributed by atoms with Gasteiger partial charge in [0.25, 0.3) is 10.0 Å². The summed E-state index contributed by atoms with van der Waals surface area (Å²) < 4.78 is 28.1. The van der Waals surface area contributed by atoms with Gasteiger partial charge in [0, 0.05) is 16.5 Å². The highest BCUT2D eigenvalue weighted by Crippen LogP contribution is 2.30. The first-order valence-corrected chi connectivity index (χ1v) is 11.4. The molecule has 2 aromatic carbocycles. The third-order valence-electron chi connectivity index (χ3n) is 5.08. The topological polar surface area (TPSA) is 150 Å². The highest BCUT2D eigenvalue weighted by Gasteiger charge is 2.22. The monoisotopic (exact) mass is 463 g/mol. The Hall–Kier alpha value is -4.25. The van der Waals surface area contributed by atoms with Crippen LogP contribution in [0.4, 0.5) is 11.5 Å². The molecular weight excluding hydrogens is 442 g/mol. The van der Waals surface area contributed by atoms with Gasteiger partial charge in [0.15, 0.2) is 5.65 Å². The standard InChI is InChI=1S/C22H21N7O3S/c1-2-33(31,32)29(17-6-4-3-5-7-17)13-12-28-22-18(20(23)25-14-26-22)19(27-28)15-8-10-16(11-9-15)21(24)30/h2-11,14H,1,12-13H2,(H2,24,30)(H2,23,25,26). The van der Waals surface area contributed by atoms with Crippen molar-refractivity contribution in [1.29, 1.82) is 0 Å². The van der Waals surface area contributed by atoms with Gasteiger partial charge in [0.1, 0.15) is 17.8 Å². The number of sulfonamides is 1. The fourth-order valence-electron chi connectivity index (χ4n) is 3.45. The number of carbonyl (C=O) groups excluding carboxylic acids is 1. The molecule has 0 unspecified atom stereocenters. The van der Waals surface area contributed by atoms with Gasteiger partial charge in [-0.25, -0.2) is 23.1 Å². The fraction of sp³-hybridized carbons (Fsp3) is 0.0909. The van der Waals surface area contributed by atoms with Crippen LogP contribution in [0, 0.1) is 0 Å². The minimum absolute atomic E-state index is 0.0824. The van der Waals surface area contributed by atoms with Crippen molar-refractivity contribution in [2.24, 2.45) is 5.73 Å². The second kappa shape index (κ2) is 8.71. The lowest BCUT2D eigenvalue weighted by Gasteiger charge is -2.22. The second-order valence-corrected chi connectivity index (χ2v) is 8.89. The molecule has 10 nitrogen and oxygen atoms in total. The molecule has 2 aromatic heterocycles. The number of aromatic nitrogens is 4. The number of nitrogen functional groups attached to an aromatic ring is 1. The lowest BCUT2D eigenvalue weighted by atomic mass is 10.1. The van der Waals surface area contributed by atoms with Crippen LogP contribution in [-0.2, 0) is 16.6 Å². The van der Waals surface area contributed by atoms with Crippen LogP contribution in [0.5, 0.6) is 0 Å². The predicted octanol–water partition coefficient (Wildman–Crippen LogP) is 2.15. The molecule has 0 atom stereocenters. The first kappa shape index (κ1) is 22.0. The van der Waals surface area contributed by atoms with E-state index in [2.05, 4.69) is 21.6 Å². The highest BCUT2D eigenvalue weighted by molar-refractivity contribution is 7.95. The lowest BCUT2D eigenvalue weighted by molar-refractivity contribution is 0.100. The molecule has 0 saturated carbocycles. The van der Waals surface area contributed by atoms with Crippen molar-refractivity contribution in [3.63, 3.8) is 0 Å². The van der Waals surface area contributed by atoms with E-state index in [1.165, 1.54) is 10.6 Å². The number of hydrogen-bond donors (Lipinski definition) is 2. The Morgan fingerprint density at radius 2 is 1.79 bits per heavy atom. The smallest absolute Gasteiger partial charge is 0.256 e. The number of primary amides is 1. The molecule has 4 aromatic rings. The molecule has 168 valence electrons. The van der Waals surface area contributed by atoms with E-state index in [-0.39, 0.29) is 18.9 Å². The fourth-order valence-corrected chi connectivity index (χ4v) is 4.39. The number of rotatable bonds is 8. The number of anilines is 2. The third-order valence-corrected chi connectivity index (χ3v) is 6.51. The summed E-state index contributed by atoms with van der Waals surface area (Å²) >= 11 is 0. The van der Waals surface area contributed by atoms with Crippen molar-refractivity contribution in [3.05, 3.63) is 78.5 Å². The number of nitrogens with two attached hydrogens (primary N) is 2. The first-order chi connectivity index (χ1) is 15.8. The Kier molecular flexibility index (Phi) is 5.80. The molecule has 0 saturated heterocycles. The Bertz CT molecular complexity index is 1430. The summed E-state index contributed by atoms with van der Waals surface area (Å²) in [6.07, 6.45) is 1.32. The van der Waals surface area contributed by atoms with Crippen LogP contribution < -0.4 is 15.8 Å². The van der Waals surface area contributed by atoms with E-state index in [0.29, 0.717) is 33.5 Å². The highest BCUT2D eigenvalue weighted by atomic mass is 32.2. The molecule has 1 amide bonds. The van der Waals surface area contributed by atoms with Crippen LogP contribution in [0.2, 0.25) is 0 Å². The molecule has 0 radical (unpaired) electrons. The quantitative estimate of drug-likeness (QED) is 0.406. The summed E-state index contributed by atoms with van der Waals surface area (Å²) in [6, 6.07) is 15.3. The van der Waals surface area contributed by atoms with E-state index in [1.54, 1.807) is 59.3 Å². The molecule has 2 heterocycles. The number of para-hydroxylation sites is 1. The zero-order valence-corrected chi connectivity index (χ0v) is 18.3. The number of hydrogen-bond acceptors (Lipinski definition) is 7. The number of amides is 1. The molecule has 0 aliphatic rings. The third kappa shape index (κ3) is 4.26. The summed E-state index contributed by atoms with van der Waals surface area (Å²) in [5.41, 5.74) is 14.0. The average Bonchev–Trinajstić information content (AvgIpc) is 3.20. The summed E-state index contributed by atoms with van der Waals surface area (Å²) in [7, 11) is -3.75. The second-order valence-electron chi connectivity index (χ2n) is 7.09.